The van der Waals surface area contributed by atoms with Crippen molar-refractivity contribution in [2.45, 2.75) is 20.8 Å². The summed E-state index contributed by atoms with van der Waals surface area (Å²) in [6.45, 7) is 5.88. The van der Waals surface area contributed by atoms with E-state index < -0.39 is 5.91 Å². The molecule has 0 radical (unpaired) electrons. The zero-order valence-corrected chi connectivity index (χ0v) is 17.3. The van der Waals surface area contributed by atoms with Gasteiger partial charge in [0.05, 0.1) is 14.2 Å². The lowest BCUT2D eigenvalue weighted by atomic mass is 10.0. The van der Waals surface area contributed by atoms with E-state index in [0.29, 0.717) is 28.3 Å². The normalized spacial score (nSPS) is 11.0. The van der Waals surface area contributed by atoms with E-state index in [9.17, 15) is 4.79 Å². The van der Waals surface area contributed by atoms with E-state index in [2.05, 4.69) is 15.6 Å². The minimum Gasteiger partial charge on any atom is -0.493 e. The van der Waals surface area contributed by atoms with Crippen LogP contribution in [0.3, 0.4) is 0 Å². The SMILES string of the molecule is COc1ccc(-c2nonc2NC(=O)c2oc3cc(C)c(C)cc3c2C)cc1OC. The summed E-state index contributed by atoms with van der Waals surface area (Å²) < 4.78 is 21.3. The average Bonchev–Trinajstić information content (AvgIpc) is 3.32. The Morgan fingerprint density at radius 1 is 0.967 bits per heavy atom. The maximum atomic E-state index is 12.9. The van der Waals surface area contributed by atoms with Crippen LogP contribution in [0.2, 0.25) is 0 Å². The molecule has 0 unspecified atom stereocenters. The summed E-state index contributed by atoms with van der Waals surface area (Å²) in [6, 6.07) is 9.19. The molecule has 0 aliphatic rings. The molecule has 1 N–H and O–H groups in total. The smallest absolute Gasteiger partial charge is 0.292 e. The molecule has 2 heterocycles. The lowest BCUT2D eigenvalue weighted by Crippen LogP contribution is -2.13. The summed E-state index contributed by atoms with van der Waals surface area (Å²) in [4.78, 5) is 12.9. The van der Waals surface area contributed by atoms with Crippen molar-refractivity contribution in [2.24, 2.45) is 0 Å². The Bertz CT molecular complexity index is 1260. The zero-order chi connectivity index (χ0) is 21.4. The van der Waals surface area contributed by atoms with Crippen LogP contribution in [-0.4, -0.2) is 30.4 Å². The highest BCUT2D eigenvalue weighted by molar-refractivity contribution is 6.07. The van der Waals surface area contributed by atoms with Gasteiger partial charge in [-0.2, -0.15) is 0 Å². The van der Waals surface area contributed by atoms with Crippen LogP contribution in [0.15, 0.2) is 39.4 Å². The Labute approximate surface area is 172 Å². The van der Waals surface area contributed by atoms with Gasteiger partial charge in [-0.1, -0.05) is 0 Å². The van der Waals surface area contributed by atoms with Crippen molar-refractivity contribution in [1.82, 2.24) is 10.3 Å². The molecule has 2 aromatic carbocycles. The number of fused-ring (bicyclic) bond motifs is 1. The molecule has 30 heavy (non-hydrogen) atoms. The summed E-state index contributed by atoms with van der Waals surface area (Å²) >= 11 is 0. The molecule has 8 heteroatoms. The quantitative estimate of drug-likeness (QED) is 0.513. The van der Waals surface area contributed by atoms with E-state index in [1.54, 1.807) is 32.4 Å². The number of nitrogens with zero attached hydrogens (tertiary/aromatic N) is 2. The lowest BCUT2D eigenvalue weighted by molar-refractivity contribution is 0.0997. The molecule has 0 fully saturated rings. The number of ether oxygens (including phenoxy) is 2. The molecule has 0 aliphatic heterocycles. The molecule has 0 saturated heterocycles. The first-order valence-electron chi connectivity index (χ1n) is 9.29. The molecule has 8 nitrogen and oxygen atoms in total. The highest BCUT2D eigenvalue weighted by Crippen LogP contribution is 2.34. The van der Waals surface area contributed by atoms with Gasteiger partial charge in [-0.05, 0) is 72.5 Å². The molecular weight excluding hydrogens is 386 g/mol. The van der Waals surface area contributed by atoms with Crippen molar-refractivity contribution < 1.29 is 23.3 Å². The third-order valence-corrected chi connectivity index (χ3v) is 5.14. The molecule has 1 amide bonds. The lowest BCUT2D eigenvalue weighted by Gasteiger charge is -2.08. The van der Waals surface area contributed by atoms with E-state index in [-0.39, 0.29) is 11.6 Å². The molecule has 0 spiro atoms. The summed E-state index contributed by atoms with van der Waals surface area (Å²) in [5, 5.41) is 11.4. The number of hydrogen-bond donors (Lipinski definition) is 1. The molecular formula is C22H21N3O5. The molecule has 0 bridgehead atoms. The third kappa shape index (κ3) is 3.26. The van der Waals surface area contributed by atoms with Crippen LogP contribution in [0.5, 0.6) is 11.5 Å². The van der Waals surface area contributed by atoms with Gasteiger partial charge in [0.2, 0.25) is 5.82 Å². The fraction of sp³-hybridized carbons (Fsp3) is 0.227. The van der Waals surface area contributed by atoms with Crippen molar-refractivity contribution in [3.63, 3.8) is 0 Å². The number of nitrogens with one attached hydrogen (secondary N) is 1. The molecule has 4 rings (SSSR count). The predicted octanol–water partition coefficient (Wildman–Crippen LogP) is 4.68. The number of hydrogen-bond acceptors (Lipinski definition) is 7. The van der Waals surface area contributed by atoms with Crippen molar-refractivity contribution >= 4 is 22.7 Å². The van der Waals surface area contributed by atoms with Gasteiger partial charge in [0.1, 0.15) is 5.58 Å². The van der Waals surface area contributed by atoms with Gasteiger partial charge in [0, 0.05) is 16.5 Å². The van der Waals surface area contributed by atoms with Gasteiger partial charge in [-0.25, -0.2) is 4.63 Å². The van der Waals surface area contributed by atoms with E-state index in [0.717, 1.165) is 22.1 Å². The molecule has 2 aromatic heterocycles. The van der Waals surface area contributed by atoms with Crippen LogP contribution in [0.1, 0.15) is 27.2 Å². The van der Waals surface area contributed by atoms with Crippen LogP contribution in [0.4, 0.5) is 5.82 Å². The first-order valence-corrected chi connectivity index (χ1v) is 9.29. The Morgan fingerprint density at radius 3 is 2.43 bits per heavy atom. The second kappa shape index (κ2) is 7.55. The van der Waals surface area contributed by atoms with Crippen LogP contribution in [0.25, 0.3) is 22.2 Å². The number of amides is 1. The number of anilines is 1. The van der Waals surface area contributed by atoms with Crippen LogP contribution in [-0.2, 0) is 0 Å². The van der Waals surface area contributed by atoms with E-state index >= 15 is 0 Å². The van der Waals surface area contributed by atoms with Gasteiger partial charge in [-0.3, -0.25) is 10.1 Å². The molecule has 0 aliphatic carbocycles. The first-order chi connectivity index (χ1) is 14.4. The fourth-order valence-electron chi connectivity index (χ4n) is 3.30. The monoisotopic (exact) mass is 407 g/mol. The minimum atomic E-state index is -0.434. The summed E-state index contributed by atoms with van der Waals surface area (Å²) in [5.41, 5.74) is 4.67. The van der Waals surface area contributed by atoms with Crippen molar-refractivity contribution in [1.29, 1.82) is 0 Å². The van der Waals surface area contributed by atoms with Crippen LogP contribution < -0.4 is 14.8 Å². The third-order valence-electron chi connectivity index (χ3n) is 5.14. The number of benzene rings is 2. The van der Waals surface area contributed by atoms with E-state index in [1.807, 2.05) is 32.9 Å². The Balaban J connectivity index is 1.67. The number of rotatable bonds is 5. The van der Waals surface area contributed by atoms with Gasteiger partial charge in [0.15, 0.2) is 23.0 Å². The Hall–Kier alpha value is -3.81. The molecule has 0 atom stereocenters. The van der Waals surface area contributed by atoms with Gasteiger partial charge >= 0.3 is 0 Å². The summed E-state index contributed by atoms with van der Waals surface area (Å²) in [6.07, 6.45) is 0. The largest absolute Gasteiger partial charge is 0.493 e. The number of carbonyl (C=O) groups excluding carboxylic acids is 1. The molecule has 4 aromatic rings. The number of aromatic nitrogens is 2. The average molecular weight is 407 g/mol. The Morgan fingerprint density at radius 2 is 1.70 bits per heavy atom. The van der Waals surface area contributed by atoms with Crippen LogP contribution in [0, 0.1) is 20.8 Å². The van der Waals surface area contributed by atoms with Gasteiger partial charge in [0.25, 0.3) is 5.91 Å². The van der Waals surface area contributed by atoms with Gasteiger partial charge < -0.3 is 13.9 Å². The van der Waals surface area contributed by atoms with Crippen molar-refractivity contribution in [2.75, 3.05) is 19.5 Å². The number of carbonyl (C=O) groups is 1. The van der Waals surface area contributed by atoms with Crippen molar-refractivity contribution in [3.05, 3.63) is 52.8 Å². The summed E-state index contributed by atoms with van der Waals surface area (Å²) in [5.74, 6) is 1.06. The van der Waals surface area contributed by atoms with E-state index in [1.165, 1.54) is 0 Å². The van der Waals surface area contributed by atoms with Crippen LogP contribution >= 0.6 is 0 Å². The standard InChI is InChI=1S/C22H21N3O5/c1-11-8-15-13(3)20(29-17(15)9-12(11)2)22(26)23-21-19(24-30-25-21)14-6-7-16(27-4)18(10-14)28-5/h6-10H,1-5H3,(H,23,25,26). The number of furan rings is 1. The van der Waals surface area contributed by atoms with E-state index in [4.69, 9.17) is 18.5 Å². The maximum Gasteiger partial charge on any atom is 0.292 e. The second-order valence-electron chi connectivity index (χ2n) is 6.97. The second-order valence-corrected chi connectivity index (χ2v) is 6.97. The Kier molecular flexibility index (Phi) is 4.91. The fourth-order valence-corrected chi connectivity index (χ4v) is 3.30. The van der Waals surface area contributed by atoms with Crippen molar-refractivity contribution in [3.8, 4) is 22.8 Å². The highest BCUT2D eigenvalue weighted by Gasteiger charge is 2.22. The maximum absolute atomic E-state index is 12.9. The number of methoxy groups -OCH3 is 2. The topological polar surface area (TPSA) is 99.6 Å². The first kappa shape index (κ1) is 19.5. The minimum absolute atomic E-state index is 0.180. The zero-order valence-electron chi connectivity index (χ0n) is 17.3. The molecule has 154 valence electrons. The number of aryl methyl sites for hydroxylation is 3. The summed E-state index contributed by atoms with van der Waals surface area (Å²) in [7, 11) is 3.10. The van der Waals surface area contributed by atoms with Gasteiger partial charge in [-0.15, -0.1) is 0 Å². The highest BCUT2D eigenvalue weighted by atomic mass is 16.6. The predicted molar refractivity (Wildman–Crippen MR) is 111 cm³/mol. The molecule has 0 saturated carbocycles.